The highest BCUT2D eigenvalue weighted by Gasteiger charge is 2.25. The number of methoxy groups -OCH3 is 1. The van der Waals surface area contributed by atoms with Crippen LogP contribution < -0.4 is 10.1 Å². The number of carbonyl (C=O) groups is 2. The highest BCUT2D eigenvalue weighted by Crippen LogP contribution is 2.33. The van der Waals surface area contributed by atoms with Gasteiger partial charge in [0.15, 0.2) is 0 Å². The maximum atomic E-state index is 13.4. The Morgan fingerprint density at radius 3 is 2.26 bits per heavy atom. The molecule has 4 rings (SSSR count). The van der Waals surface area contributed by atoms with E-state index in [-0.39, 0.29) is 0 Å². The molecule has 0 unspecified atom stereocenters. The second kappa shape index (κ2) is 10.0. The molecule has 0 aliphatic carbocycles. The molecule has 4 aromatic rings. The Bertz CT molecular complexity index is 1510. The number of nitrogens with zero attached hydrogens (tertiary/aromatic N) is 4. The van der Waals surface area contributed by atoms with Crippen molar-refractivity contribution in [1.29, 1.82) is 0 Å². The molecular weight excluding hydrogens is 510 g/mol. The first kappa shape index (κ1) is 27.0. The van der Waals surface area contributed by atoms with Gasteiger partial charge < -0.3 is 19.5 Å². The fourth-order valence-corrected chi connectivity index (χ4v) is 3.83. The topological polar surface area (TPSA) is 109 Å². The Labute approximate surface area is 225 Å². The number of carbonyl (C=O) groups excluding carboxylic acids is 2. The number of fused-ring (bicyclic) bond motifs is 1. The molecule has 0 bridgehead atoms. The van der Waals surface area contributed by atoms with Gasteiger partial charge in [-0.1, -0.05) is 11.6 Å². The molecule has 200 valence electrons. The minimum Gasteiger partial charge on any atom is -0.497 e. The third kappa shape index (κ3) is 6.08. The van der Waals surface area contributed by atoms with Gasteiger partial charge in [-0.15, -0.1) is 0 Å². The van der Waals surface area contributed by atoms with Crippen molar-refractivity contribution in [2.45, 2.75) is 52.7 Å². The molecule has 0 atom stereocenters. The predicted octanol–water partition coefficient (Wildman–Crippen LogP) is 6.87. The van der Waals surface area contributed by atoms with Gasteiger partial charge in [-0.2, -0.15) is 9.78 Å². The lowest BCUT2D eigenvalue weighted by molar-refractivity contribution is 0.0512. The van der Waals surface area contributed by atoms with E-state index in [2.05, 4.69) is 15.4 Å². The zero-order valence-corrected chi connectivity index (χ0v) is 23.1. The molecule has 3 heterocycles. The van der Waals surface area contributed by atoms with Crippen LogP contribution in [-0.2, 0) is 9.47 Å². The van der Waals surface area contributed by atoms with Crippen LogP contribution in [0.4, 0.5) is 21.1 Å². The molecule has 10 nitrogen and oxygen atoms in total. The number of anilines is 2. The quantitative estimate of drug-likeness (QED) is 0.299. The van der Waals surface area contributed by atoms with Crippen molar-refractivity contribution >= 4 is 46.2 Å². The van der Waals surface area contributed by atoms with Crippen LogP contribution in [0.2, 0.25) is 5.02 Å². The van der Waals surface area contributed by atoms with Gasteiger partial charge in [0.25, 0.3) is 0 Å². The monoisotopic (exact) mass is 539 g/mol. The standard InChI is InChI=1S/C27H30ClN5O5/c1-26(2,3)37-24(34)32-15-17(14-30-32)21-10-16-13-29-23(31-20-9-8-18(36-7)11-19(20)28)12-22(16)33(21)25(35)38-27(4,5)6/h8-15H,1-7H3,(H,29,31). The van der Waals surface area contributed by atoms with Crippen molar-refractivity contribution < 1.29 is 23.8 Å². The molecule has 3 aromatic heterocycles. The van der Waals surface area contributed by atoms with Crippen molar-refractivity contribution in [1.82, 2.24) is 19.3 Å². The van der Waals surface area contributed by atoms with Gasteiger partial charge in [0, 0.05) is 35.5 Å². The van der Waals surface area contributed by atoms with Crippen LogP contribution in [0.15, 0.2) is 48.9 Å². The summed E-state index contributed by atoms with van der Waals surface area (Å²) in [5.74, 6) is 1.09. The average molecular weight is 540 g/mol. The van der Waals surface area contributed by atoms with Crippen molar-refractivity contribution in [2.75, 3.05) is 12.4 Å². The minimum absolute atomic E-state index is 0.448. The number of ether oxygens (including phenoxy) is 3. The normalized spacial score (nSPS) is 11.9. The van der Waals surface area contributed by atoms with Crippen LogP contribution in [0.25, 0.3) is 22.2 Å². The third-order valence-electron chi connectivity index (χ3n) is 5.16. The smallest absolute Gasteiger partial charge is 0.435 e. The highest BCUT2D eigenvalue weighted by atomic mass is 35.5. The Balaban J connectivity index is 1.78. The van der Waals surface area contributed by atoms with E-state index >= 15 is 0 Å². The summed E-state index contributed by atoms with van der Waals surface area (Å²) in [6.45, 7) is 10.7. The zero-order valence-electron chi connectivity index (χ0n) is 22.3. The van der Waals surface area contributed by atoms with E-state index in [1.807, 2.05) is 0 Å². The van der Waals surface area contributed by atoms with Gasteiger partial charge in [-0.05, 0) is 59.7 Å². The number of nitrogens with one attached hydrogen (secondary N) is 1. The first-order chi connectivity index (χ1) is 17.7. The molecule has 0 radical (unpaired) electrons. The number of rotatable bonds is 4. The number of hydrogen-bond acceptors (Lipinski definition) is 8. The molecule has 0 fully saturated rings. The SMILES string of the molecule is COc1ccc(Nc2cc3c(cn2)cc(-c2cnn(C(=O)OC(C)(C)C)c2)n3C(=O)OC(C)(C)C)c(Cl)c1. The Morgan fingerprint density at radius 1 is 0.947 bits per heavy atom. The molecule has 0 amide bonds. The number of pyridine rings is 1. The zero-order chi connectivity index (χ0) is 27.8. The fourth-order valence-electron chi connectivity index (χ4n) is 3.61. The summed E-state index contributed by atoms with van der Waals surface area (Å²) >= 11 is 6.39. The Hall–Kier alpha value is -4.05. The van der Waals surface area contributed by atoms with Crippen molar-refractivity contribution in [2.24, 2.45) is 0 Å². The van der Waals surface area contributed by atoms with E-state index in [0.29, 0.717) is 44.4 Å². The minimum atomic E-state index is -0.740. The fraction of sp³-hybridized carbons (Fsp3) is 0.333. The van der Waals surface area contributed by atoms with Crippen LogP contribution >= 0.6 is 11.6 Å². The molecule has 0 spiro atoms. The summed E-state index contributed by atoms with van der Waals surface area (Å²) in [5, 5.41) is 8.45. The molecule has 0 saturated carbocycles. The first-order valence-corrected chi connectivity index (χ1v) is 12.3. The number of benzene rings is 1. The summed E-state index contributed by atoms with van der Waals surface area (Å²) in [7, 11) is 1.56. The van der Waals surface area contributed by atoms with E-state index in [4.69, 9.17) is 25.8 Å². The number of halogens is 1. The Morgan fingerprint density at radius 2 is 1.63 bits per heavy atom. The molecule has 1 aromatic carbocycles. The van der Waals surface area contributed by atoms with E-state index in [1.54, 1.807) is 85.2 Å². The molecule has 0 aliphatic rings. The van der Waals surface area contributed by atoms with E-state index in [9.17, 15) is 9.59 Å². The van der Waals surface area contributed by atoms with Gasteiger partial charge in [0.05, 0.1) is 35.2 Å². The maximum Gasteiger partial charge on any atom is 0.435 e. The highest BCUT2D eigenvalue weighted by molar-refractivity contribution is 6.33. The van der Waals surface area contributed by atoms with Crippen LogP contribution in [-0.4, -0.2) is 49.8 Å². The summed E-state index contributed by atoms with van der Waals surface area (Å²) in [5.41, 5.74) is 0.735. The predicted molar refractivity (Wildman–Crippen MR) is 146 cm³/mol. The van der Waals surface area contributed by atoms with E-state index < -0.39 is 23.4 Å². The van der Waals surface area contributed by atoms with Crippen LogP contribution in [0.1, 0.15) is 41.5 Å². The molecule has 1 N–H and O–H groups in total. The molecular formula is C27H30ClN5O5. The van der Waals surface area contributed by atoms with Gasteiger partial charge >= 0.3 is 12.2 Å². The maximum absolute atomic E-state index is 13.4. The van der Waals surface area contributed by atoms with Crippen molar-refractivity contribution in [3.8, 4) is 17.0 Å². The lowest BCUT2D eigenvalue weighted by atomic mass is 10.2. The molecule has 11 heteroatoms. The summed E-state index contributed by atoms with van der Waals surface area (Å²) in [4.78, 5) is 30.4. The second-order valence-electron chi connectivity index (χ2n) is 10.6. The lowest BCUT2D eigenvalue weighted by Crippen LogP contribution is -2.27. The van der Waals surface area contributed by atoms with Crippen LogP contribution in [0, 0.1) is 0 Å². The molecule has 0 aliphatic heterocycles. The summed E-state index contributed by atoms with van der Waals surface area (Å²) < 4.78 is 18.8. The van der Waals surface area contributed by atoms with Gasteiger partial charge in [0.2, 0.25) is 0 Å². The van der Waals surface area contributed by atoms with Crippen LogP contribution in [0.3, 0.4) is 0 Å². The average Bonchev–Trinajstić information content (AvgIpc) is 3.43. The Kier molecular flexibility index (Phi) is 7.12. The molecule has 38 heavy (non-hydrogen) atoms. The largest absolute Gasteiger partial charge is 0.497 e. The van der Waals surface area contributed by atoms with Gasteiger partial charge in [-0.3, -0.25) is 0 Å². The van der Waals surface area contributed by atoms with Crippen molar-refractivity contribution in [3.63, 3.8) is 0 Å². The second-order valence-corrected chi connectivity index (χ2v) is 11.0. The lowest BCUT2D eigenvalue weighted by Gasteiger charge is -2.21. The molecule has 0 saturated heterocycles. The van der Waals surface area contributed by atoms with E-state index in [1.165, 1.54) is 17.0 Å². The van der Waals surface area contributed by atoms with Gasteiger partial charge in [0.1, 0.15) is 22.8 Å². The first-order valence-electron chi connectivity index (χ1n) is 11.9. The summed E-state index contributed by atoms with van der Waals surface area (Å²) in [6, 6.07) is 8.74. The van der Waals surface area contributed by atoms with Gasteiger partial charge in [-0.25, -0.2) is 19.1 Å². The number of hydrogen-bond donors (Lipinski definition) is 1. The van der Waals surface area contributed by atoms with Crippen molar-refractivity contribution in [3.05, 3.63) is 53.9 Å². The number of aromatic nitrogens is 4. The van der Waals surface area contributed by atoms with Crippen LogP contribution in [0.5, 0.6) is 5.75 Å². The van der Waals surface area contributed by atoms with E-state index in [0.717, 1.165) is 4.68 Å². The third-order valence-corrected chi connectivity index (χ3v) is 5.47. The summed E-state index contributed by atoms with van der Waals surface area (Å²) in [6.07, 6.45) is 3.41.